The van der Waals surface area contributed by atoms with Crippen molar-refractivity contribution in [3.63, 3.8) is 0 Å². The van der Waals surface area contributed by atoms with E-state index >= 15 is 0 Å². The topological polar surface area (TPSA) is 38.1 Å². The first-order valence-corrected chi connectivity index (χ1v) is 10.4. The van der Waals surface area contributed by atoms with E-state index in [9.17, 15) is 4.79 Å². The molecule has 0 amide bonds. The molecular weight excluding hydrogens is 310 g/mol. The average Bonchev–Trinajstić information content (AvgIpc) is 3.16. The Kier molecular flexibility index (Phi) is 6.32. The second-order valence-corrected chi connectivity index (χ2v) is 8.17. The zero-order chi connectivity index (χ0) is 17.8. The van der Waals surface area contributed by atoms with Crippen LogP contribution >= 0.6 is 0 Å². The zero-order valence-electron chi connectivity index (χ0n) is 16.3. The van der Waals surface area contributed by atoms with Crippen LogP contribution in [0.2, 0.25) is 0 Å². The molecule has 1 aliphatic heterocycles. The summed E-state index contributed by atoms with van der Waals surface area (Å²) in [5.41, 5.74) is 1.34. The van der Waals surface area contributed by atoms with Crippen molar-refractivity contribution in [2.24, 2.45) is 11.8 Å². The third-order valence-corrected chi connectivity index (χ3v) is 6.65. The summed E-state index contributed by atoms with van der Waals surface area (Å²) in [5, 5.41) is 4.56. The quantitative estimate of drug-likeness (QED) is 0.773. The number of aryl methyl sites for hydroxylation is 1. The minimum atomic E-state index is 0.249. The Morgan fingerprint density at radius 2 is 1.80 bits per heavy atom. The molecular formula is C21H35N3O. The van der Waals surface area contributed by atoms with Crippen LogP contribution in [-0.2, 0) is 11.2 Å². The van der Waals surface area contributed by atoms with Crippen molar-refractivity contribution in [3.05, 3.63) is 18.0 Å². The molecule has 2 fully saturated rings. The van der Waals surface area contributed by atoms with Gasteiger partial charge in [-0.25, -0.2) is 0 Å². The Hall–Kier alpha value is -1.16. The van der Waals surface area contributed by atoms with Gasteiger partial charge in [-0.15, -0.1) is 0 Å². The molecule has 1 saturated heterocycles. The molecule has 0 aromatic carbocycles. The molecule has 0 bridgehead atoms. The number of rotatable bonds is 6. The number of aromatic nitrogens is 2. The maximum atomic E-state index is 12.4. The average molecular weight is 346 g/mol. The number of carbonyl (C=O) groups excluding carboxylic acids is 1. The van der Waals surface area contributed by atoms with Crippen molar-refractivity contribution in [2.75, 3.05) is 13.1 Å². The molecule has 1 unspecified atom stereocenters. The molecule has 0 spiro atoms. The standard InChI is InChI=1S/C21H35N3O/c1-4-16(3)21(25)18-6-8-19(9-7-18)23-12-10-20(11-13-23)24-15-17(5-2)14-22-24/h14-16,18-20H,4-13H2,1-3H3. The fourth-order valence-electron chi connectivity index (χ4n) is 4.60. The second-order valence-electron chi connectivity index (χ2n) is 8.17. The summed E-state index contributed by atoms with van der Waals surface area (Å²) in [6.07, 6.45) is 13.3. The smallest absolute Gasteiger partial charge is 0.138 e. The SMILES string of the molecule is CCc1cnn(C2CCN(C3CCC(C(=O)C(C)CC)CC3)CC2)c1. The Bertz CT molecular complexity index is 551. The predicted molar refractivity (Wildman–Crippen MR) is 102 cm³/mol. The minimum absolute atomic E-state index is 0.249. The number of piperidine rings is 1. The van der Waals surface area contributed by atoms with E-state index in [4.69, 9.17) is 0 Å². The van der Waals surface area contributed by atoms with Crippen LogP contribution in [0.3, 0.4) is 0 Å². The van der Waals surface area contributed by atoms with E-state index < -0.39 is 0 Å². The molecule has 1 aliphatic carbocycles. The molecule has 140 valence electrons. The summed E-state index contributed by atoms with van der Waals surface area (Å²) >= 11 is 0. The summed E-state index contributed by atoms with van der Waals surface area (Å²) in [7, 11) is 0. The third-order valence-electron chi connectivity index (χ3n) is 6.65. The molecule has 3 rings (SSSR count). The molecule has 2 aliphatic rings. The van der Waals surface area contributed by atoms with E-state index in [2.05, 4.69) is 41.6 Å². The van der Waals surface area contributed by atoms with E-state index in [0.717, 1.165) is 25.7 Å². The van der Waals surface area contributed by atoms with Gasteiger partial charge in [-0.3, -0.25) is 9.48 Å². The molecule has 1 saturated carbocycles. The van der Waals surface area contributed by atoms with Crippen LogP contribution in [0.15, 0.2) is 12.4 Å². The lowest BCUT2D eigenvalue weighted by Crippen LogP contribution is -2.44. The molecule has 2 heterocycles. The summed E-state index contributed by atoms with van der Waals surface area (Å²) in [4.78, 5) is 15.1. The number of Topliss-reactive ketones (excluding diaryl/α,β-unsaturated/α-hetero) is 1. The number of likely N-dealkylation sites (tertiary alicyclic amines) is 1. The van der Waals surface area contributed by atoms with Gasteiger partial charge in [-0.2, -0.15) is 5.10 Å². The fourth-order valence-corrected chi connectivity index (χ4v) is 4.60. The van der Waals surface area contributed by atoms with Gasteiger partial charge in [0, 0.05) is 37.2 Å². The van der Waals surface area contributed by atoms with Crippen molar-refractivity contribution in [3.8, 4) is 0 Å². The van der Waals surface area contributed by atoms with Crippen LogP contribution in [0, 0.1) is 11.8 Å². The molecule has 25 heavy (non-hydrogen) atoms. The number of nitrogens with zero attached hydrogens (tertiary/aromatic N) is 3. The van der Waals surface area contributed by atoms with Crippen molar-refractivity contribution >= 4 is 5.78 Å². The number of hydrogen-bond donors (Lipinski definition) is 0. The van der Waals surface area contributed by atoms with Gasteiger partial charge in [-0.1, -0.05) is 20.8 Å². The van der Waals surface area contributed by atoms with Gasteiger partial charge in [0.1, 0.15) is 5.78 Å². The van der Waals surface area contributed by atoms with Gasteiger partial charge < -0.3 is 4.90 Å². The molecule has 4 nitrogen and oxygen atoms in total. The van der Waals surface area contributed by atoms with Crippen molar-refractivity contribution in [1.82, 2.24) is 14.7 Å². The third kappa shape index (κ3) is 4.33. The molecule has 1 atom stereocenters. The van der Waals surface area contributed by atoms with Crippen LogP contribution < -0.4 is 0 Å². The first-order chi connectivity index (χ1) is 12.1. The molecule has 4 heteroatoms. The first kappa shape index (κ1) is 18.6. The van der Waals surface area contributed by atoms with Gasteiger partial charge in [0.25, 0.3) is 0 Å². The van der Waals surface area contributed by atoms with Gasteiger partial charge in [-0.05, 0) is 56.9 Å². The highest BCUT2D eigenvalue weighted by Gasteiger charge is 2.32. The number of hydrogen-bond acceptors (Lipinski definition) is 3. The van der Waals surface area contributed by atoms with Crippen LogP contribution in [0.4, 0.5) is 0 Å². The van der Waals surface area contributed by atoms with E-state index in [0.29, 0.717) is 23.8 Å². The Morgan fingerprint density at radius 1 is 1.12 bits per heavy atom. The summed E-state index contributed by atoms with van der Waals surface area (Å²) in [5.74, 6) is 1.10. The normalized spacial score (nSPS) is 27.3. The maximum absolute atomic E-state index is 12.4. The highest BCUT2D eigenvalue weighted by atomic mass is 16.1. The fraction of sp³-hybridized carbons (Fsp3) is 0.810. The van der Waals surface area contributed by atoms with Crippen LogP contribution in [0.5, 0.6) is 0 Å². The second kappa shape index (κ2) is 8.48. The molecule has 0 N–H and O–H groups in total. The predicted octanol–water partition coefficient (Wildman–Crippen LogP) is 4.26. The largest absolute Gasteiger partial charge is 0.300 e. The van der Waals surface area contributed by atoms with Gasteiger partial charge in [0.05, 0.1) is 12.2 Å². The molecule has 1 aromatic rings. The van der Waals surface area contributed by atoms with Crippen molar-refractivity contribution < 1.29 is 4.79 Å². The maximum Gasteiger partial charge on any atom is 0.138 e. The van der Waals surface area contributed by atoms with Gasteiger partial charge in [0.15, 0.2) is 0 Å². The lowest BCUT2D eigenvalue weighted by molar-refractivity contribution is -0.127. The van der Waals surface area contributed by atoms with Crippen molar-refractivity contribution in [2.45, 2.75) is 84.2 Å². The number of ketones is 1. The highest BCUT2D eigenvalue weighted by molar-refractivity contribution is 5.83. The van der Waals surface area contributed by atoms with Crippen LogP contribution in [0.1, 0.15) is 77.3 Å². The van der Waals surface area contributed by atoms with Gasteiger partial charge >= 0.3 is 0 Å². The lowest BCUT2D eigenvalue weighted by atomic mass is 9.79. The van der Waals surface area contributed by atoms with E-state index in [1.54, 1.807) is 0 Å². The Balaban J connectivity index is 1.45. The van der Waals surface area contributed by atoms with Crippen molar-refractivity contribution in [1.29, 1.82) is 0 Å². The van der Waals surface area contributed by atoms with Crippen LogP contribution in [-0.4, -0.2) is 39.6 Å². The summed E-state index contributed by atoms with van der Waals surface area (Å²) in [6, 6.07) is 1.27. The minimum Gasteiger partial charge on any atom is -0.300 e. The molecule has 0 radical (unpaired) electrons. The summed E-state index contributed by atoms with van der Waals surface area (Å²) in [6.45, 7) is 8.77. The Morgan fingerprint density at radius 3 is 2.36 bits per heavy atom. The Labute approximate surface area is 153 Å². The van der Waals surface area contributed by atoms with E-state index in [-0.39, 0.29) is 5.92 Å². The van der Waals surface area contributed by atoms with Crippen LogP contribution in [0.25, 0.3) is 0 Å². The number of carbonyl (C=O) groups is 1. The first-order valence-electron chi connectivity index (χ1n) is 10.4. The zero-order valence-corrected chi connectivity index (χ0v) is 16.3. The van der Waals surface area contributed by atoms with Gasteiger partial charge in [0.2, 0.25) is 0 Å². The van der Waals surface area contributed by atoms with E-state index in [1.807, 2.05) is 6.20 Å². The van der Waals surface area contributed by atoms with E-state index in [1.165, 1.54) is 44.3 Å². The monoisotopic (exact) mass is 345 g/mol. The lowest BCUT2D eigenvalue weighted by Gasteiger charge is -2.40. The summed E-state index contributed by atoms with van der Waals surface area (Å²) < 4.78 is 2.19. The highest BCUT2D eigenvalue weighted by Crippen LogP contribution is 2.33. The molecule has 1 aromatic heterocycles.